The molecule has 31 heavy (non-hydrogen) atoms. The van der Waals surface area contributed by atoms with Gasteiger partial charge >= 0.3 is 0 Å². The zero-order valence-corrected chi connectivity index (χ0v) is 18.8. The molecule has 4 aromatic rings. The summed E-state index contributed by atoms with van der Waals surface area (Å²) in [6.45, 7) is 4.10. The van der Waals surface area contributed by atoms with Gasteiger partial charge in [0.05, 0.1) is 12.0 Å². The maximum Gasteiger partial charge on any atom is 0.250 e. The van der Waals surface area contributed by atoms with Gasteiger partial charge in [0.25, 0.3) is 5.91 Å². The summed E-state index contributed by atoms with van der Waals surface area (Å²) in [6.07, 6.45) is 1.64. The summed E-state index contributed by atoms with van der Waals surface area (Å²) in [6, 6.07) is 20.2. The number of hydrogen-bond acceptors (Lipinski definition) is 6. The van der Waals surface area contributed by atoms with E-state index in [0.717, 1.165) is 22.0 Å². The maximum atomic E-state index is 12.3. The zero-order chi connectivity index (χ0) is 21.6. The number of nitrogens with one attached hydrogen (secondary N) is 1. The SMILES string of the molecule is Cc1ccc(-c2nnc(SCC(=O)NN=Cc3cccs3)n2-c2ccc(C)cc2)cc1. The Morgan fingerprint density at radius 3 is 2.45 bits per heavy atom. The lowest BCUT2D eigenvalue weighted by molar-refractivity contribution is -0.118. The number of carbonyl (C=O) groups excluding carboxylic acids is 1. The van der Waals surface area contributed by atoms with Crippen molar-refractivity contribution >= 4 is 35.2 Å². The monoisotopic (exact) mass is 447 g/mol. The number of nitrogens with zero attached hydrogens (tertiary/aromatic N) is 4. The molecule has 0 aliphatic heterocycles. The second kappa shape index (κ2) is 9.72. The molecule has 0 fully saturated rings. The second-order valence-electron chi connectivity index (χ2n) is 6.94. The van der Waals surface area contributed by atoms with Crippen molar-refractivity contribution in [3.8, 4) is 17.1 Å². The van der Waals surface area contributed by atoms with E-state index < -0.39 is 0 Å². The molecular formula is C23H21N5OS2. The Labute approximate surface area is 189 Å². The fourth-order valence-corrected chi connectivity index (χ4v) is 4.20. The molecule has 6 nitrogen and oxygen atoms in total. The summed E-state index contributed by atoms with van der Waals surface area (Å²) in [4.78, 5) is 13.2. The van der Waals surface area contributed by atoms with E-state index >= 15 is 0 Å². The first-order valence-electron chi connectivity index (χ1n) is 9.68. The summed E-state index contributed by atoms with van der Waals surface area (Å²) in [5, 5.41) is 15.4. The Balaban J connectivity index is 1.54. The summed E-state index contributed by atoms with van der Waals surface area (Å²) < 4.78 is 1.98. The second-order valence-corrected chi connectivity index (χ2v) is 8.86. The highest BCUT2D eigenvalue weighted by Gasteiger charge is 2.17. The number of benzene rings is 2. The van der Waals surface area contributed by atoms with Crippen LogP contribution in [0.5, 0.6) is 0 Å². The summed E-state index contributed by atoms with van der Waals surface area (Å²) >= 11 is 2.89. The topological polar surface area (TPSA) is 72.2 Å². The van der Waals surface area contributed by atoms with Crippen molar-refractivity contribution in [1.82, 2.24) is 20.2 Å². The van der Waals surface area contributed by atoms with Crippen LogP contribution in [0.15, 0.2) is 76.3 Å². The number of hydrazone groups is 1. The molecule has 2 heterocycles. The number of carbonyl (C=O) groups is 1. The molecule has 0 spiro atoms. The molecule has 4 rings (SSSR count). The van der Waals surface area contributed by atoms with Gasteiger partial charge in [-0.25, -0.2) is 5.43 Å². The van der Waals surface area contributed by atoms with Gasteiger partial charge in [-0.1, -0.05) is 65.4 Å². The van der Waals surface area contributed by atoms with E-state index in [1.807, 2.05) is 53.3 Å². The van der Waals surface area contributed by atoms with Crippen LogP contribution in [-0.4, -0.2) is 32.6 Å². The molecule has 0 saturated heterocycles. The first-order chi connectivity index (χ1) is 15.1. The van der Waals surface area contributed by atoms with E-state index in [4.69, 9.17) is 0 Å². The van der Waals surface area contributed by atoms with Gasteiger partial charge in [0, 0.05) is 16.1 Å². The van der Waals surface area contributed by atoms with Gasteiger partial charge in [0.2, 0.25) is 0 Å². The van der Waals surface area contributed by atoms with Crippen LogP contribution in [0, 0.1) is 13.8 Å². The minimum Gasteiger partial charge on any atom is -0.272 e. The van der Waals surface area contributed by atoms with E-state index in [-0.39, 0.29) is 11.7 Å². The zero-order valence-electron chi connectivity index (χ0n) is 17.1. The highest BCUT2D eigenvalue weighted by atomic mass is 32.2. The van der Waals surface area contributed by atoms with Gasteiger partial charge in [0.1, 0.15) is 0 Å². The van der Waals surface area contributed by atoms with Crippen molar-refractivity contribution in [3.05, 3.63) is 82.0 Å². The highest BCUT2D eigenvalue weighted by Crippen LogP contribution is 2.28. The van der Waals surface area contributed by atoms with Crippen LogP contribution >= 0.6 is 23.1 Å². The molecule has 0 unspecified atom stereocenters. The Hall–Kier alpha value is -3.23. The van der Waals surface area contributed by atoms with Gasteiger partial charge in [-0.05, 0) is 37.4 Å². The molecule has 0 radical (unpaired) electrons. The van der Waals surface area contributed by atoms with Crippen molar-refractivity contribution in [2.75, 3.05) is 5.75 Å². The Kier molecular flexibility index (Phi) is 6.59. The maximum absolute atomic E-state index is 12.3. The van der Waals surface area contributed by atoms with Gasteiger partial charge in [-0.15, -0.1) is 21.5 Å². The van der Waals surface area contributed by atoms with E-state index in [1.165, 1.54) is 22.9 Å². The van der Waals surface area contributed by atoms with Crippen molar-refractivity contribution < 1.29 is 4.79 Å². The van der Waals surface area contributed by atoms with Crippen LogP contribution in [0.4, 0.5) is 0 Å². The fourth-order valence-electron chi connectivity index (χ4n) is 2.87. The fraction of sp³-hybridized carbons (Fsp3) is 0.130. The first kappa shape index (κ1) is 21.0. The van der Waals surface area contributed by atoms with Gasteiger partial charge in [0.15, 0.2) is 11.0 Å². The van der Waals surface area contributed by atoms with Crippen LogP contribution < -0.4 is 5.43 Å². The third-order valence-corrected chi connectivity index (χ3v) is 6.23. The lowest BCUT2D eigenvalue weighted by Gasteiger charge is -2.11. The van der Waals surface area contributed by atoms with Gasteiger partial charge in [-0.3, -0.25) is 9.36 Å². The first-order valence-corrected chi connectivity index (χ1v) is 11.5. The third kappa shape index (κ3) is 5.28. The van der Waals surface area contributed by atoms with Crippen LogP contribution in [0.2, 0.25) is 0 Å². The van der Waals surface area contributed by atoms with Crippen molar-refractivity contribution in [1.29, 1.82) is 0 Å². The van der Waals surface area contributed by atoms with Crippen LogP contribution in [-0.2, 0) is 4.79 Å². The molecule has 0 saturated carbocycles. The number of thiophene rings is 1. The standard InChI is InChI=1S/C23H21N5OS2/c1-16-5-9-18(10-6-16)22-26-27-23(28(22)19-11-7-17(2)8-12-19)31-15-21(29)25-24-14-20-4-3-13-30-20/h3-14H,15H2,1-2H3,(H,25,29). The molecule has 0 aliphatic rings. The average molecular weight is 448 g/mol. The normalized spacial score (nSPS) is 11.2. The number of aromatic nitrogens is 3. The Bertz CT molecular complexity index is 1180. The molecule has 1 N–H and O–H groups in total. The molecule has 0 bridgehead atoms. The molecule has 1 amide bonds. The lowest BCUT2D eigenvalue weighted by atomic mass is 10.1. The predicted molar refractivity (Wildman–Crippen MR) is 127 cm³/mol. The van der Waals surface area contributed by atoms with Crippen LogP contribution in [0.3, 0.4) is 0 Å². The number of rotatable bonds is 7. The summed E-state index contributed by atoms with van der Waals surface area (Å²) in [7, 11) is 0. The van der Waals surface area contributed by atoms with E-state index in [9.17, 15) is 4.79 Å². The van der Waals surface area contributed by atoms with Crippen LogP contribution in [0.1, 0.15) is 16.0 Å². The molecule has 2 aromatic carbocycles. The molecule has 0 aliphatic carbocycles. The predicted octanol–water partition coefficient (Wildman–Crippen LogP) is 4.86. The minimum absolute atomic E-state index is 0.180. The minimum atomic E-state index is -0.201. The molecule has 2 aromatic heterocycles. The van der Waals surface area contributed by atoms with Crippen molar-refractivity contribution in [2.45, 2.75) is 19.0 Å². The number of hydrogen-bond donors (Lipinski definition) is 1. The molecule has 156 valence electrons. The number of aryl methyl sites for hydroxylation is 2. The average Bonchev–Trinajstić information content (AvgIpc) is 3.43. The Morgan fingerprint density at radius 2 is 1.77 bits per heavy atom. The quantitative estimate of drug-likeness (QED) is 0.250. The van der Waals surface area contributed by atoms with Crippen molar-refractivity contribution in [2.24, 2.45) is 5.10 Å². The highest BCUT2D eigenvalue weighted by molar-refractivity contribution is 7.99. The van der Waals surface area contributed by atoms with Crippen molar-refractivity contribution in [3.63, 3.8) is 0 Å². The molecular weight excluding hydrogens is 426 g/mol. The molecule has 8 heteroatoms. The third-order valence-electron chi connectivity index (χ3n) is 4.49. The lowest BCUT2D eigenvalue weighted by Crippen LogP contribution is -2.19. The van der Waals surface area contributed by atoms with Gasteiger partial charge in [-0.2, -0.15) is 5.10 Å². The van der Waals surface area contributed by atoms with Gasteiger partial charge < -0.3 is 0 Å². The Morgan fingerprint density at radius 1 is 1.06 bits per heavy atom. The van der Waals surface area contributed by atoms with E-state index in [1.54, 1.807) is 17.6 Å². The number of thioether (sulfide) groups is 1. The van der Waals surface area contributed by atoms with E-state index in [2.05, 4.69) is 51.9 Å². The smallest absolute Gasteiger partial charge is 0.250 e. The largest absolute Gasteiger partial charge is 0.272 e. The number of amides is 1. The van der Waals surface area contributed by atoms with E-state index in [0.29, 0.717) is 5.16 Å². The molecule has 0 atom stereocenters. The summed E-state index contributed by atoms with van der Waals surface area (Å²) in [5.41, 5.74) is 6.83. The summed E-state index contributed by atoms with van der Waals surface area (Å²) in [5.74, 6) is 0.718. The van der Waals surface area contributed by atoms with Crippen LogP contribution in [0.25, 0.3) is 17.1 Å².